The third-order valence-corrected chi connectivity index (χ3v) is 9.52. The van der Waals surface area contributed by atoms with Crippen LogP contribution in [0.4, 0.5) is 15.3 Å². The van der Waals surface area contributed by atoms with E-state index in [0.717, 1.165) is 9.87 Å². The van der Waals surface area contributed by atoms with E-state index in [2.05, 4.69) is 5.32 Å². The number of ether oxygens (including phenoxy) is 4. The second-order valence-corrected chi connectivity index (χ2v) is 15.6. The number of hydrogen-bond donors (Lipinski definition) is 2. The molecule has 278 valence electrons. The van der Waals surface area contributed by atoms with Gasteiger partial charge in [-0.15, -0.1) is 0 Å². The zero-order chi connectivity index (χ0) is 37.8. The number of nitro groups is 1. The average molecular weight is 730 g/mol. The normalized spacial score (nSPS) is 13.2. The minimum atomic E-state index is -4.21. The number of aryl methyl sites for hydroxylation is 1. The molecule has 0 fully saturated rings. The molecule has 3 aromatic carbocycles. The first kappa shape index (κ1) is 40.7. The zero-order valence-electron chi connectivity index (χ0n) is 29.7. The van der Waals surface area contributed by atoms with Gasteiger partial charge >= 0.3 is 12.2 Å². The van der Waals surface area contributed by atoms with Crippen LogP contribution in [0.2, 0.25) is 0 Å². The van der Waals surface area contributed by atoms with Crippen LogP contribution in [-0.4, -0.2) is 79.6 Å². The Morgan fingerprint density at radius 3 is 2.12 bits per heavy atom. The summed E-state index contributed by atoms with van der Waals surface area (Å²) >= 11 is 0. The maximum Gasteiger partial charge on any atom is 0.513 e. The highest BCUT2D eigenvalue weighted by Crippen LogP contribution is 2.28. The second kappa shape index (κ2) is 18.0. The number of carbonyl (C=O) groups excluding carboxylic acids is 2. The largest absolute Gasteiger partial charge is 0.513 e. The SMILES string of the molecule is COc1ccc(S(=O)(=O)N(C[C@@H](O)[C@H](CCc2ccccc2)NC(=O)OC(C)(C)C)CC(C)(C)CCOC(=O)Oc2ccc([N+](=O)[O-])cc2)cc1. The number of amides is 1. The van der Waals surface area contributed by atoms with Gasteiger partial charge in [0.25, 0.3) is 5.69 Å². The number of sulfonamides is 1. The lowest BCUT2D eigenvalue weighted by atomic mass is 9.89. The fourth-order valence-corrected chi connectivity index (χ4v) is 6.64. The van der Waals surface area contributed by atoms with E-state index in [0.29, 0.717) is 12.2 Å². The molecule has 2 atom stereocenters. The molecule has 14 nitrogen and oxygen atoms in total. The average Bonchev–Trinajstić information content (AvgIpc) is 3.06. The second-order valence-electron chi connectivity index (χ2n) is 13.7. The summed E-state index contributed by atoms with van der Waals surface area (Å²) in [7, 11) is -2.75. The molecule has 2 N–H and O–H groups in total. The van der Waals surface area contributed by atoms with Gasteiger partial charge in [0, 0.05) is 25.2 Å². The first-order valence-electron chi connectivity index (χ1n) is 16.3. The van der Waals surface area contributed by atoms with Crippen LogP contribution in [0.15, 0.2) is 83.8 Å². The van der Waals surface area contributed by atoms with Gasteiger partial charge in [-0.25, -0.2) is 18.0 Å². The van der Waals surface area contributed by atoms with Gasteiger partial charge in [-0.05, 0) is 87.4 Å². The summed E-state index contributed by atoms with van der Waals surface area (Å²) in [6.07, 6.45) is -2.16. The first-order valence-corrected chi connectivity index (χ1v) is 17.8. The molecular weight excluding hydrogens is 682 g/mol. The highest BCUT2D eigenvalue weighted by Gasteiger charge is 2.35. The highest BCUT2D eigenvalue weighted by molar-refractivity contribution is 7.89. The maximum atomic E-state index is 14.1. The van der Waals surface area contributed by atoms with Crippen LogP contribution in [0, 0.1) is 15.5 Å². The number of carbonyl (C=O) groups is 2. The summed E-state index contributed by atoms with van der Waals surface area (Å²) < 4.78 is 50.4. The Hall–Kier alpha value is -4.73. The van der Waals surface area contributed by atoms with Crippen molar-refractivity contribution < 1.29 is 47.0 Å². The minimum Gasteiger partial charge on any atom is -0.497 e. The van der Waals surface area contributed by atoms with Crippen molar-refractivity contribution in [2.24, 2.45) is 5.41 Å². The number of nitrogens with one attached hydrogen (secondary N) is 1. The Labute approximate surface area is 298 Å². The van der Waals surface area contributed by atoms with Gasteiger partial charge in [0.2, 0.25) is 10.0 Å². The topological polar surface area (TPSA) is 184 Å². The van der Waals surface area contributed by atoms with Crippen LogP contribution in [-0.2, 0) is 25.9 Å². The zero-order valence-corrected chi connectivity index (χ0v) is 30.6. The van der Waals surface area contributed by atoms with Crippen molar-refractivity contribution in [3.05, 3.63) is 94.5 Å². The number of hydrogen-bond acceptors (Lipinski definition) is 11. The summed E-state index contributed by atoms with van der Waals surface area (Å²) in [6, 6.07) is 19.4. The Balaban J connectivity index is 1.80. The van der Waals surface area contributed by atoms with E-state index in [1.807, 2.05) is 30.3 Å². The number of nitro benzene ring substituents is 1. The van der Waals surface area contributed by atoms with Crippen LogP contribution in [0.1, 0.15) is 53.0 Å². The van der Waals surface area contributed by atoms with Gasteiger partial charge in [-0.2, -0.15) is 4.31 Å². The van der Waals surface area contributed by atoms with E-state index in [1.165, 1.54) is 55.6 Å². The predicted octanol–water partition coefficient (Wildman–Crippen LogP) is 6.11. The summed E-state index contributed by atoms with van der Waals surface area (Å²) in [5.41, 5.74) is -0.801. The van der Waals surface area contributed by atoms with E-state index < -0.39 is 50.4 Å². The fourth-order valence-electron chi connectivity index (χ4n) is 5.00. The quantitative estimate of drug-likeness (QED) is 0.0707. The lowest BCUT2D eigenvalue weighted by molar-refractivity contribution is -0.384. The molecule has 0 bridgehead atoms. The van der Waals surface area contributed by atoms with Crippen molar-refractivity contribution in [2.75, 3.05) is 26.8 Å². The Morgan fingerprint density at radius 1 is 0.941 bits per heavy atom. The molecule has 0 saturated heterocycles. The number of aliphatic hydroxyl groups is 1. The number of rotatable bonds is 17. The Morgan fingerprint density at radius 2 is 1.55 bits per heavy atom. The molecular formula is C36H47N3O11S. The van der Waals surface area contributed by atoms with Crippen molar-refractivity contribution in [1.29, 1.82) is 0 Å². The first-order chi connectivity index (χ1) is 23.9. The van der Waals surface area contributed by atoms with E-state index in [9.17, 15) is 33.2 Å². The third-order valence-electron chi connectivity index (χ3n) is 7.69. The molecule has 1 amide bonds. The monoisotopic (exact) mass is 729 g/mol. The van der Waals surface area contributed by atoms with Crippen molar-refractivity contribution in [1.82, 2.24) is 9.62 Å². The lowest BCUT2D eigenvalue weighted by Crippen LogP contribution is -2.52. The fraction of sp³-hybridized carbons (Fsp3) is 0.444. The summed E-state index contributed by atoms with van der Waals surface area (Å²) in [5, 5.41) is 25.2. The molecule has 15 heteroatoms. The number of methoxy groups -OCH3 is 1. The summed E-state index contributed by atoms with van der Waals surface area (Å²) in [4.78, 5) is 35.4. The highest BCUT2D eigenvalue weighted by atomic mass is 32.2. The molecule has 0 saturated carbocycles. The van der Waals surface area contributed by atoms with Gasteiger partial charge < -0.3 is 29.4 Å². The molecule has 0 aliphatic heterocycles. The van der Waals surface area contributed by atoms with Gasteiger partial charge in [-0.3, -0.25) is 10.1 Å². The van der Waals surface area contributed by atoms with Crippen molar-refractivity contribution in [2.45, 2.75) is 76.5 Å². The maximum absolute atomic E-state index is 14.1. The van der Waals surface area contributed by atoms with Gasteiger partial charge in [0.1, 0.15) is 17.1 Å². The molecule has 0 spiro atoms. The molecule has 0 aliphatic rings. The molecule has 0 aliphatic carbocycles. The number of benzene rings is 3. The van der Waals surface area contributed by atoms with Crippen molar-refractivity contribution in [3.63, 3.8) is 0 Å². The van der Waals surface area contributed by atoms with Crippen molar-refractivity contribution >= 4 is 28.0 Å². The van der Waals surface area contributed by atoms with Gasteiger partial charge in [0.05, 0.1) is 35.7 Å². The van der Waals surface area contributed by atoms with Gasteiger partial charge in [-0.1, -0.05) is 44.2 Å². The van der Waals surface area contributed by atoms with Crippen LogP contribution >= 0.6 is 0 Å². The molecule has 0 aromatic heterocycles. The Bertz CT molecular complexity index is 1690. The molecule has 0 unspecified atom stereocenters. The van der Waals surface area contributed by atoms with E-state index in [1.54, 1.807) is 34.6 Å². The molecule has 51 heavy (non-hydrogen) atoms. The van der Waals surface area contributed by atoms with Crippen LogP contribution in [0.25, 0.3) is 0 Å². The number of non-ortho nitro benzene ring substituents is 1. The minimum absolute atomic E-state index is 0.0323. The summed E-state index contributed by atoms with van der Waals surface area (Å²) in [6.45, 7) is 8.09. The van der Waals surface area contributed by atoms with E-state index in [-0.39, 0.29) is 48.9 Å². The number of nitrogens with zero attached hydrogens (tertiary/aromatic N) is 2. The van der Waals surface area contributed by atoms with E-state index >= 15 is 0 Å². The molecule has 0 radical (unpaired) electrons. The van der Waals surface area contributed by atoms with E-state index in [4.69, 9.17) is 18.9 Å². The molecule has 0 heterocycles. The standard InChI is InChI=1S/C36H47N3O11S/c1-35(2,3)50-33(41)37-31(21-12-26-10-8-7-9-11-26)32(40)24-38(51(45,46)30-19-17-28(47-6)18-20-30)25-36(4,5)22-23-48-34(42)49-29-15-13-27(14-16-29)39(43)44/h7-11,13-20,31-32,40H,12,21-25H2,1-6H3,(H,37,41)/t31-,32+/m0/s1. The van der Waals surface area contributed by atoms with Crippen LogP contribution in [0.5, 0.6) is 11.5 Å². The third kappa shape index (κ3) is 13.5. The van der Waals surface area contributed by atoms with Crippen LogP contribution in [0.3, 0.4) is 0 Å². The number of aliphatic hydroxyl groups excluding tert-OH is 1. The molecule has 3 aromatic rings. The Kier molecular flexibility index (Phi) is 14.3. The van der Waals surface area contributed by atoms with Gasteiger partial charge in [0.15, 0.2) is 0 Å². The lowest BCUT2D eigenvalue weighted by Gasteiger charge is -2.35. The summed E-state index contributed by atoms with van der Waals surface area (Å²) in [5.74, 6) is 0.513. The number of alkyl carbamates (subject to hydrolysis) is 1. The van der Waals surface area contributed by atoms with Crippen molar-refractivity contribution in [3.8, 4) is 11.5 Å². The van der Waals surface area contributed by atoms with Crippen LogP contribution < -0.4 is 14.8 Å². The predicted molar refractivity (Wildman–Crippen MR) is 189 cm³/mol. The molecule has 3 rings (SSSR count). The smallest absolute Gasteiger partial charge is 0.497 e.